The van der Waals surface area contributed by atoms with Crippen LogP contribution in [-0.4, -0.2) is 21.4 Å². The summed E-state index contributed by atoms with van der Waals surface area (Å²) < 4.78 is 45.1. The normalized spacial score (nSPS) is 12.2. The summed E-state index contributed by atoms with van der Waals surface area (Å²) in [5.74, 6) is -0.966. The van der Waals surface area contributed by atoms with Gasteiger partial charge in [0, 0.05) is 7.05 Å². The first kappa shape index (κ1) is 20.5. The Balaban J connectivity index is 1.73. The number of sulfonamides is 1. The van der Waals surface area contributed by atoms with Crippen LogP contribution in [0.15, 0.2) is 83.8 Å². The van der Waals surface area contributed by atoms with Crippen molar-refractivity contribution in [2.45, 2.75) is 17.9 Å². The van der Waals surface area contributed by atoms with Crippen molar-refractivity contribution in [3.05, 3.63) is 95.8 Å². The second-order valence-electron chi connectivity index (χ2n) is 6.43. The topological polar surface area (TPSA) is 63.7 Å². The third kappa shape index (κ3) is 4.63. The van der Waals surface area contributed by atoms with Crippen LogP contribution in [0.25, 0.3) is 0 Å². The van der Waals surface area contributed by atoms with Crippen molar-refractivity contribution in [1.82, 2.24) is 0 Å². The van der Waals surface area contributed by atoms with Crippen LogP contribution in [0.1, 0.15) is 28.9 Å². The number of para-hydroxylation sites is 1. The highest BCUT2D eigenvalue weighted by molar-refractivity contribution is 7.92. The molecule has 3 aromatic carbocycles. The monoisotopic (exact) mass is 413 g/mol. The van der Waals surface area contributed by atoms with E-state index in [1.165, 1.54) is 47.8 Å². The molecule has 0 heterocycles. The van der Waals surface area contributed by atoms with E-state index in [9.17, 15) is 17.6 Å². The maximum absolute atomic E-state index is 13.0. The van der Waals surface area contributed by atoms with Crippen molar-refractivity contribution in [2.24, 2.45) is 0 Å². The number of nitrogens with zero attached hydrogens (tertiary/aromatic N) is 1. The Kier molecular flexibility index (Phi) is 5.98. The average molecular weight is 413 g/mol. The number of hydrogen-bond acceptors (Lipinski definition) is 4. The van der Waals surface area contributed by atoms with Gasteiger partial charge >= 0.3 is 5.97 Å². The highest BCUT2D eigenvalue weighted by Crippen LogP contribution is 2.23. The van der Waals surface area contributed by atoms with Gasteiger partial charge in [-0.3, -0.25) is 4.31 Å². The highest BCUT2D eigenvalue weighted by Gasteiger charge is 2.22. The summed E-state index contributed by atoms with van der Waals surface area (Å²) in [6.45, 7) is 1.68. The molecule has 0 aliphatic carbocycles. The lowest BCUT2D eigenvalue weighted by atomic mass is 10.1. The molecule has 0 saturated carbocycles. The molecule has 0 aliphatic heterocycles. The largest absolute Gasteiger partial charge is 0.454 e. The van der Waals surface area contributed by atoms with Gasteiger partial charge in [-0.25, -0.2) is 17.6 Å². The summed E-state index contributed by atoms with van der Waals surface area (Å²) in [6.07, 6.45) is -0.573. The Bertz CT molecular complexity index is 1080. The number of esters is 1. The Morgan fingerprint density at radius 3 is 2.10 bits per heavy atom. The van der Waals surface area contributed by atoms with E-state index in [0.29, 0.717) is 11.3 Å². The zero-order valence-electron chi connectivity index (χ0n) is 15.9. The van der Waals surface area contributed by atoms with Gasteiger partial charge in [0.2, 0.25) is 0 Å². The number of carbonyl (C=O) groups is 1. The first-order chi connectivity index (χ1) is 13.8. The van der Waals surface area contributed by atoms with Crippen molar-refractivity contribution in [1.29, 1.82) is 0 Å². The van der Waals surface area contributed by atoms with Crippen molar-refractivity contribution >= 4 is 21.7 Å². The zero-order chi connectivity index (χ0) is 21.0. The van der Waals surface area contributed by atoms with Crippen LogP contribution in [0, 0.1) is 5.82 Å². The smallest absolute Gasteiger partial charge is 0.338 e. The van der Waals surface area contributed by atoms with Crippen LogP contribution in [0.5, 0.6) is 0 Å². The molecule has 29 heavy (non-hydrogen) atoms. The van der Waals surface area contributed by atoms with Gasteiger partial charge < -0.3 is 4.74 Å². The minimum atomic E-state index is -3.76. The molecule has 0 aromatic heterocycles. The predicted octanol–water partition coefficient (Wildman–Crippen LogP) is 4.57. The number of halogens is 1. The van der Waals surface area contributed by atoms with Crippen LogP contribution < -0.4 is 4.31 Å². The lowest BCUT2D eigenvalue weighted by molar-refractivity contribution is 0.0337. The molecule has 0 unspecified atom stereocenters. The second-order valence-corrected chi connectivity index (χ2v) is 8.40. The Morgan fingerprint density at radius 2 is 1.52 bits per heavy atom. The molecule has 0 spiro atoms. The van der Waals surface area contributed by atoms with Crippen molar-refractivity contribution < 1.29 is 22.3 Å². The Morgan fingerprint density at radius 1 is 0.931 bits per heavy atom. The molecule has 3 rings (SSSR count). The fraction of sp³-hybridized carbons (Fsp3) is 0.136. The highest BCUT2D eigenvalue weighted by atomic mass is 32.2. The first-order valence-corrected chi connectivity index (χ1v) is 10.3. The van der Waals surface area contributed by atoms with E-state index in [1.54, 1.807) is 49.4 Å². The predicted molar refractivity (Wildman–Crippen MR) is 109 cm³/mol. The van der Waals surface area contributed by atoms with Crippen LogP contribution in [0.2, 0.25) is 0 Å². The van der Waals surface area contributed by atoms with Gasteiger partial charge in [-0.05, 0) is 61.0 Å². The number of benzene rings is 3. The number of hydrogen-bond donors (Lipinski definition) is 0. The van der Waals surface area contributed by atoms with Crippen LogP contribution in [0.3, 0.4) is 0 Å². The molecule has 7 heteroatoms. The van der Waals surface area contributed by atoms with E-state index in [-0.39, 0.29) is 16.3 Å². The first-order valence-electron chi connectivity index (χ1n) is 8.89. The SMILES string of the molecule is C[C@@H](OC(=O)c1ccc(S(=O)(=O)N(C)c2ccccc2)cc1)c1ccc(F)cc1. The second kappa shape index (κ2) is 8.45. The third-order valence-corrected chi connectivity index (χ3v) is 6.29. The fourth-order valence-corrected chi connectivity index (χ4v) is 3.92. The van der Waals surface area contributed by atoms with Gasteiger partial charge in [-0.1, -0.05) is 30.3 Å². The molecule has 3 aromatic rings. The van der Waals surface area contributed by atoms with E-state index in [0.717, 1.165) is 0 Å². The Hall–Kier alpha value is -3.19. The summed E-state index contributed by atoms with van der Waals surface area (Å²) in [7, 11) is -2.29. The van der Waals surface area contributed by atoms with E-state index < -0.39 is 22.1 Å². The minimum absolute atomic E-state index is 0.0620. The number of ether oxygens (including phenoxy) is 1. The summed E-state index contributed by atoms with van der Waals surface area (Å²) in [4.78, 5) is 12.4. The molecule has 0 radical (unpaired) electrons. The fourth-order valence-electron chi connectivity index (χ4n) is 2.73. The summed E-state index contributed by atoms with van der Waals surface area (Å²) in [5, 5.41) is 0. The van der Waals surface area contributed by atoms with Crippen LogP contribution in [0.4, 0.5) is 10.1 Å². The van der Waals surface area contributed by atoms with Crippen LogP contribution >= 0.6 is 0 Å². The standard InChI is InChI=1S/C22H20FNO4S/c1-16(17-8-12-19(23)13-9-17)28-22(25)18-10-14-21(15-11-18)29(26,27)24(2)20-6-4-3-5-7-20/h3-16H,1-2H3/t16-/m1/s1. The molecule has 0 amide bonds. The quantitative estimate of drug-likeness (QED) is 0.556. The molecule has 0 saturated heterocycles. The molecule has 5 nitrogen and oxygen atoms in total. The van der Waals surface area contributed by atoms with E-state index in [1.807, 2.05) is 0 Å². The van der Waals surface area contributed by atoms with E-state index in [2.05, 4.69) is 0 Å². The number of carbonyl (C=O) groups excluding carboxylic acids is 1. The molecular formula is C22H20FNO4S. The lowest BCUT2D eigenvalue weighted by Gasteiger charge is -2.19. The summed E-state index contributed by atoms with van der Waals surface area (Å²) in [5.41, 5.74) is 1.41. The van der Waals surface area contributed by atoms with E-state index >= 15 is 0 Å². The van der Waals surface area contributed by atoms with Gasteiger partial charge in [0.15, 0.2) is 0 Å². The molecule has 1 atom stereocenters. The van der Waals surface area contributed by atoms with Crippen molar-refractivity contribution in [2.75, 3.05) is 11.4 Å². The van der Waals surface area contributed by atoms with Gasteiger partial charge in [0.25, 0.3) is 10.0 Å². The molecule has 0 bridgehead atoms. The molecule has 150 valence electrons. The average Bonchev–Trinajstić information content (AvgIpc) is 2.74. The molecule has 0 N–H and O–H groups in total. The van der Waals surface area contributed by atoms with Crippen molar-refractivity contribution in [3.8, 4) is 0 Å². The molecule has 0 aliphatic rings. The van der Waals surface area contributed by atoms with Gasteiger partial charge in [0.1, 0.15) is 11.9 Å². The minimum Gasteiger partial charge on any atom is -0.454 e. The van der Waals surface area contributed by atoms with Crippen molar-refractivity contribution in [3.63, 3.8) is 0 Å². The molecule has 0 fully saturated rings. The Labute approximate surface area is 169 Å². The van der Waals surface area contributed by atoms with Gasteiger partial charge in [-0.2, -0.15) is 0 Å². The third-order valence-electron chi connectivity index (χ3n) is 4.49. The van der Waals surface area contributed by atoms with Crippen LogP contribution in [-0.2, 0) is 14.8 Å². The van der Waals surface area contributed by atoms with E-state index in [4.69, 9.17) is 4.74 Å². The zero-order valence-corrected chi connectivity index (χ0v) is 16.8. The maximum atomic E-state index is 13.0. The molecular weight excluding hydrogens is 393 g/mol. The summed E-state index contributed by atoms with van der Waals surface area (Å²) >= 11 is 0. The maximum Gasteiger partial charge on any atom is 0.338 e. The van der Waals surface area contributed by atoms with Gasteiger partial charge in [0.05, 0.1) is 16.1 Å². The van der Waals surface area contributed by atoms with Gasteiger partial charge in [-0.15, -0.1) is 0 Å². The number of anilines is 1. The summed E-state index contributed by atoms with van der Waals surface area (Å²) in [6, 6.07) is 19.9. The number of rotatable bonds is 6. The lowest BCUT2D eigenvalue weighted by Crippen LogP contribution is -2.26.